The van der Waals surface area contributed by atoms with Crippen LogP contribution >= 0.6 is 15.9 Å². The van der Waals surface area contributed by atoms with Crippen molar-refractivity contribution >= 4 is 21.7 Å². The Morgan fingerprint density at radius 3 is 2.33 bits per heavy atom. The monoisotopic (exact) mass is 307 g/mol. The van der Waals surface area contributed by atoms with Gasteiger partial charge in [0.1, 0.15) is 17.9 Å². The number of halogens is 1. The third-order valence-corrected chi connectivity index (χ3v) is 3.95. The van der Waals surface area contributed by atoms with Gasteiger partial charge in [-0.2, -0.15) is 0 Å². The minimum absolute atomic E-state index is 0.436. The summed E-state index contributed by atoms with van der Waals surface area (Å²) in [5, 5.41) is 0. The number of anilines is 1. The lowest BCUT2D eigenvalue weighted by Crippen LogP contribution is -1.99. The average molecular weight is 308 g/mol. The summed E-state index contributed by atoms with van der Waals surface area (Å²) in [4.78, 5) is 8.00. The molecule has 5 heteroatoms. The molecule has 0 aliphatic heterocycles. The van der Waals surface area contributed by atoms with Gasteiger partial charge in [0, 0.05) is 4.47 Å². The topological polar surface area (TPSA) is 61.0 Å². The molecule has 0 amide bonds. The van der Waals surface area contributed by atoms with E-state index in [1.165, 1.54) is 6.33 Å². The Bertz CT molecular complexity index is 576. The lowest BCUT2D eigenvalue weighted by Gasteiger charge is -2.11. The molecule has 2 rings (SSSR count). The summed E-state index contributed by atoms with van der Waals surface area (Å²) in [7, 11) is 0. The molecular weight excluding hydrogens is 294 g/mol. The summed E-state index contributed by atoms with van der Waals surface area (Å²) in [5.74, 6) is 1.67. The van der Waals surface area contributed by atoms with Gasteiger partial charge in [0.15, 0.2) is 0 Å². The van der Waals surface area contributed by atoms with Crippen LogP contribution in [0.4, 0.5) is 5.82 Å². The standard InChI is InChI=1S/C13H14BrN3O/c1-7-4-10(5-8(2)11(7)14)18-13-9(3)12(15)16-6-17-13/h4-6H,1-3H3,(H2,15,16,17). The molecule has 0 radical (unpaired) electrons. The zero-order valence-electron chi connectivity index (χ0n) is 10.5. The SMILES string of the molecule is Cc1cc(Oc2ncnc(N)c2C)cc(C)c1Br. The molecule has 1 aromatic carbocycles. The van der Waals surface area contributed by atoms with Gasteiger partial charge in [-0.15, -0.1) is 0 Å². The Hall–Kier alpha value is -1.62. The Morgan fingerprint density at radius 1 is 1.11 bits per heavy atom. The Kier molecular flexibility index (Phi) is 3.52. The van der Waals surface area contributed by atoms with Gasteiger partial charge in [0.2, 0.25) is 5.88 Å². The largest absolute Gasteiger partial charge is 0.439 e. The first-order valence-electron chi connectivity index (χ1n) is 5.50. The molecule has 0 spiro atoms. The van der Waals surface area contributed by atoms with Crippen LogP contribution in [0.3, 0.4) is 0 Å². The van der Waals surface area contributed by atoms with E-state index in [0.717, 1.165) is 26.9 Å². The van der Waals surface area contributed by atoms with E-state index in [1.54, 1.807) is 0 Å². The molecule has 1 heterocycles. The molecule has 0 aliphatic rings. The van der Waals surface area contributed by atoms with E-state index in [1.807, 2.05) is 32.9 Å². The van der Waals surface area contributed by atoms with Crippen molar-refractivity contribution in [2.75, 3.05) is 5.73 Å². The van der Waals surface area contributed by atoms with Crippen LogP contribution in [0.2, 0.25) is 0 Å². The van der Waals surface area contributed by atoms with Crippen LogP contribution in [0.1, 0.15) is 16.7 Å². The molecule has 2 N–H and O–H groups in total. The normalized spacial score (nSPS) is 10.4. The number of hydrogen-bond acceptors (Lipinski definition) is 4. The second-order valence-corrected chi connectivity index (χ2v) is 4.96. The molecule has 0 fully saturated rings. The smallest absolute Gasteiger partial charge is 0.227 e. The number of rotatable bonds is 2. The van der Waals surface area contributed by atoms with Crippen molar-refractivity contribution in [3.05, 3.63) is 39.6 Å². The Morgan fingerprint density at radius 2 is 1.72 bits per heavy atom. The first-order chi connectivity index (χ1) is 8.49. The maximum absolute atomic E-state index is 5.75. The highest BCUT2D eigenvalue weighted by molar-refractivity contribution is 9.10. The van der Waals surface area contributed by atoms with Gasteiger partial charge >= 0.3 is 0 Å². The molecule has 0 atom stereocenters. The Balaban J connectivity index is 2.37. The highest BCUT2D eigenvalue weighted by atomic mass is 79.9. The van der Waals surface area contributed by atoms with Crippen LogP contribution in [0.5, 0.6) is 11.6 Å². The zero-order chi connectivity index (χ0) is 13.3. The van der Waals surface area contributed by atoms with Crippen molar-refractivity contribution in [3.8, 4) is 11.6 Å². The maximum atomic E-state index is 5.75. The van der Waals surface area contributed by atoms with Crippen LogP contribution < -0.4 is 10.5 Å². The van der Waals surface area contributed by atoms with Gasteiger partial charge < -0.3 is 10.5 Å². The summed E-state index contributed by atoms with van der Waals surface area (Å²) in [5.41, 5.74) is 8.70. The zero-order valence-corrected chi connectivity index (χ0v) is 12.1. The summed E-state index contributed by atoms with van der Waals surface area (Å²) >= 11 is 3.52. The molecule has 94 valence electrons. The predicted molar refractivity (Wildman–Crippen MR) is 74.9 cm³/mol. The van der Waals surface area contributed by atoms with E-state index < -0.39 is 0 Å². The van der Waals surface area contributed by atoms with Crippen molar-refractivity contribution in [3.63, 3.8) is 0 Å². The van der Waals surface area contributed by atoms with Crippen LogP contribution in [0.15, 0.2) is 22.9 Å². The molecule has 1 aromatic heterocycles. The third-order valence-electron chi connectivity index (χ3n) is 2.70. The van der Waals surface area contributed by atoms with E-state index in [9.17, 15) is 0 Å². The number of aromatic nitrogens is 2. The minimum Gasteiger partial charge on any atom is -0.439 e. The molecule has 4 nitrogen and oxygen atoms in total. The Labute approximate surface area is 114 Å². The quantitative estimate of drug-likeness (QED) is 0.922. The van der Waals surface area contributed by atoms with E-state index in [0.29, 0.717) is 11.7 Å². The number of nitrogens with zero attached hydrogens (tertiary/aromatic N) is 2. The second kappa shape index (κ2) is 4.94. The van der Waals surface area contributed by atoms with Gasteiger partial charge in [-0.1, -0.05) is 15.9 Å². The molecule has 0 saturated carbocycles. The van der Waals surface area contributed by atoms with Crippen molar-refractivity contribution in [1.29, 1.82) is 0 Å². The van der Waals surface area contributed by atoms with Crippen LogP contribution in [0.25, 0.3) is 0 Å². The second-order valence-electron chi connectivity index (χ2n) is 4.16. The van der Waals surface area contributed by atoms with E-state index >= 15 is 0 Å². The number of aryl methyl sites for hydroxylation is 2. The fraction of sp³-hybridized carbons (Fsp3) is 0.231. The molecule has 0 saturated heterocycles. The lowest BCUT2D eigenvalue weighted by molar-refractivity contribution is 0.457. The highest BCUT2D eigenvalue weighted by Crippen LogP contribution is 2.30. The highest BCUT2D eigenvalue weighted by Gasteiger charge is 2.09. The summed E-state index contributed by atoms with van der Waals surface area (Å²) in [6.45, 7) is 5.87. The third kappa shape index (κ3) is 2.46. The lowest BCUT2D eigenvalue weighted by atomic mass is 10.1. The van der Waals surface area contributed by atoms with E-state index in [4.69, 9.17) is 10.5 Å². The van der Waals surface area contributed by atoms with Crippen molar-refractivity contribution in [1.82, 2.24) is 9.97 Å². The minimum atomic E-state index is 0.436. The van der Waals surface area contributed by atoms with Crippen LogP contribution in [-0.2, 0) is 0 Å². The fourth-order valence-electron chi connectivity index (χ4n) is 1.63. The van der Waals surface area contributed by atoms with Gasteiger partial charge in [0.05, 0.1) is 5.56 Å². The first kappa shape index (κ1) is 12.8. The van der Waals surface area contributed by atoms with Crippen molar-refractivity contribution < 1.29 is 4.74 Å². The number of nitrogens with two attached hydrogens (primary N) is 1. The summed E-state index contributed by atoms with van der Waals surface area (Å²) < 4.78 is 6.85. The average Bonchev–Trinajstić information content (AvgIpc) is 2.32. The van der Waals surface area contributed by atoms with Gasteiger partial charge in [-0.25, -0.2) is 9.97 Å². The molecule has 18 heavy (non-hydrogen) atoms. The molecule has 2 aromatic rings. The van der Waals surface area contributed by atoms with E-state index in [-0.39, 0.29) is 0 Å². The molecule has 0 bridgehead atoms. The van der Waals surface area contributed by atoms with Gasteiger partial charge in [-0.3, -0.25) is 0 Å². The van der Waals surface area contributed by atoms with Crippen molar-refractivity contribution in [2.24, 2.45) is 0 Å². The fourth-order valence-corrected chi connectivity index (χ4v) is 1.86. The number of nitrogen functional groups attached to an aromatic ring is 1. The van der Waals surface area contributed by atoms with Crippen molar-refractivity contribution in [2.45, 2.75) is 20.8 Å². The van der Waals surface area contributed by atoms with Gasteiger partial charge in [-0.05, 0) is 44.0 Å². The number of hydrogen-bond donors (Lipinski definition) is 1. The summed E-state index contributed by atoms with van der Waals surface area (Å²) in [6, 6.07) is 3.91. The molecular formula is C13H14BrN3O. The maximum Gasteiger partial charge on any atom is 0.227 e. The van der Waals surface area contributed by atoms with Crippen LogP contribution in [0, 0.1) is 20.8 Å². The molecule has 0 aliphatic carbocycles. The first-order valence-corrected chi connectivity index (χ1v) is 6.30. The van der Waals surface area contributed by atoms with E-state index in [2.05, 4.69) is 25.9 Å². The van der Waals surface area contributed by atoms with Gasteiger partial charge in [0.25, 0.3) is 0 Å². The number of benzene rings is 1. The predicted octanol–water partition coefficient (Wildman–Crippen LogP) is 3.54. The van der Waals surface area contributed by atoms with Crippen LogP contribution in [-0.4, -0.2) is 9.97 Å². The summed E-state index contributed by atoms with van der Waals surface area (Å²) in [6.07, 6.45) is 1.40. The molecule has 0 unspecified atom stereocenters. The number of ether oxygens (including phenoxy) is 1.